The minimum atomic E-state index is -0.363. The molecule has 2 fully saturated rings. The molecule has 2 rings (SSSR count). The Morgan fingerprint density at radius 3 is 2.53 bits per heavy atom. The summed E-state index contributed by atoms with van der Waals surface area (Å²) in [5.41, 5.74) is 0. The van der Waals surface area contributed by atoms with Crippen molar-refractivity contribution in [3.8, 4) is 0 Å². The van der Waals surface area contributed by atoms with E-state index >= 15 is 0 Å². The number of ether oxygens (including phenoxy) is 1. The lowest BCUT2D eigenvalue weighted by atomic mass is 9.98. The smallest absolute Gasteiger partial charge is 0.133 e. The zero-order valence-electron chi connectivity index (χ0n) is 9.69. The molecule has 2 atom stereocenters. The predicted molar refractivity (Wildman–Crippen MR) is 59.6 cm³/mol. The molecule has 0 radical (unpaired) electrons. The van der Waals surface area contributed by atoms with Gasteiger partial charge in [0.05, 0.1) is 6.10 Å². The second kappa shape index (κ2) is 5.28. The zero-order valence-corrected chi connectivity index (χ0v) is 9.69. The van der Waals surface area contributed by atoms with Crippen molar-refractivity contribution in [1.82, 2.24) is 4.90 Å². The fraction of sp³-hybridized carbons (Fsp3) is 1.00. The van der Waals surface area contributed by atoms with Crippen LogP contribution in [0.2, 0.25) is 0 Å². The van der Waals surface area contributed by atoms with Crippen LogP contribution in [0.15, 0.2) is 0 Å². The predicted octanol–water partition coefficient (Wildman–Crippen LogP) is 1.61. The number of aliphatic hydroxyl groups excluding tert-OH is 1. The molecule has 2 aliphatic rings. The average Bonchev–Trinajstić information content (AvgIpc) is 2.30. The van der Waals surface area contributed by atoms with Crippen LogP contribution in [0.4, 0.5) is 0 Å². The van der Waals surface area contributed by atoms with Crippen molar-refractivity contribution < 1.29 is 9.84 Å². The molecule has 2 aliphatic heterocycles. The summed E-state index contributed by atoms with van der Waals surface area (Å²) in [6.45, 7) is 5.18. The van der Waals surface area contributed by atoms with E-state index in [9.17, 15) is 5.11 Å². The first kappa shape index (κ1) is 11.4. The van der Waals surface area contributed by atoms with Gasteiger partial charge in [0.1, 0.15) is 6.23 Å². The number of piperidine rings is 1. The number of hydrogen-bond donors (Lipinski definition) is 1. The number of nitrogens with zero attached hydrogens (tertiary/aromatic N) is 1. The van der Waals surface area contributed by atoms with Crippen molar-refractivity contribution in [2.24, 2.45) is 5.92 Å². The highest BCUT2D eigenvalue weighted by Crippen LogP contribution is 2.23. The molecule has 15 heavy (non-hydrogen) atoms. The maximum Gasteiger partial charge on any atom is 0.133 e. The summed E-state index contributed by atoms with van der Waals surface area (Å²) >= 11 is 0. The standard InChI is InChI=1S/C12H23NO2/c1-10-5-7-13(8-6-10)12(14)11-4-2-3-9-15-11/h10-12,14H,2-9H2,1H3. The third-order valence-electron chi connectivity index (χ3n) is 3.74. The number of hydrogen-bond acceptors (Lipinski definition) is 3. The Bertz CT molecular complexity index is 184. The largest absolute Gasteiger partial charge is 0.376 e. The van der Waals surface area contributed by atoms with E-state index in [-0.39, 0.29) is 12.3 Å². The van der Waals surface area contributed by atoms with Crippen molar-refractivity contribution in [1.29, 1.82) is 0 Å². The molecule has 0 aromatic carbocycles. The van der Waals surface area contributed by atoms with Crippen LogP contribution >= 0.6 is 0 Å². The van der Waals surface area contributed by atoms with Gasteiger partial charge < -0.3 is 9.84 Å². The van der Waals surface area contributed by atoms with Gasteiger partial charge in [0.25, 0.3) is 0 Å². The number of likely N-dealkylation sites (tertiary alicyclic amines) is 1. The van der Waals surface area contributed by atoms with Crippen molar-refractivity contribution in [3.63, 3.8) is 0 Å². The molecule has 3 heteroatoms. The SMILES string of the molecule is CC1CCN(C(O)C2CCCCO2)CC1. The van der Waals surface area contributed by atoms with Gasteiger partial charge in [-0.3, -0.25) is 4.90 Å². The summed E-state index contributed by atoms with van der Waals surface area (Å²) < 4.78 is 5.63. The minimum Gasteiger partial charge on any atom is -0.376 e. The third kappa shape index (κ3) is 2.92. The molecular formula is C12H23NO2. The van der Waals surface area contributed by atoms with Crippen molar-refractivity contribution in [2.75, 3.05) is 19.7 Å². The summed E-state index contributed by atoms with van der Waals surface area (Å²) in [5, 5.41) is 10.2. The minimum absolute atomic E-state index is 0.0622. The topological polar surface area (TPSA) is 32.7 Å². The van der Waals surface area contributed by atoms with E-state index in [2.05, 4.69) is 11.8 Å². The number of rotatable bonds is 2. The molecule has 0 aromatic heterocycles. The van der Waals surface area contributed by atoms with Gasteiger partial charge in [0.15, 0.2) is 0 Å². The van der Waals surface area contributed by atoms with Gasteiger partial charge in [-0.1, -0.05) is 6.92 Å². The van der Waals surface area contributed by atoms with Gasteiger partial charge in [-0.25, -0.2) is 0 Å². The van der Waals surface area contributed by atoms with Crippen LogP contribution in [0.25, 0.3) is 0 Å². The summed E-state index contributed by atoms with van der Waals surface area (Å²) in [5.74, 6) is 0.820. The molecular weight excluding hydrogens is 190 g/mol. The molecule has 0 amide bonds. The van der Waals surface area contributed by atoms with Gasteiger partial charge in [-0.2, -0.15) is 0 Å². The van der Waals surface area contributed by atoms with Crippen LogP contribution in [0.1, 0.15) is 39.0 Å². The molecule has 2 saturated heterocycles. The Morgan fingerprint density at radius 1 is 1.20 bits per heavy atom. The van der Waals surface area contributed by atoms with E-state index in [4.69, 9.17) is 4.74 Å². The normalized spacial score (nSPS) is 32.8. The van der Waals surface area contributed by atoms with E-state index in [1.807, 2.05) is 0 Å². The summed E-state index contributed by atoms with van der Waals surface area (Å²) in [6.07, 6.45) is 5.50. The third-order valence-corrected chi connectivity index (χ3v) is 3.74. The molecule has 0 spiro atoms. The summed E-state index contributed by atoms with van der Waals surface area (Å²) in [6, 6.07) is 0. The van der Waals surface area contributed by atoms with E-state index in [0.717, 1.165) is 38.5 Å². The van der Waals surface area contributed by atoms with Gasteiger partial charge >= 0.3 is 0 Å². The first-order chi connectivity index (χ1) is 7.27. The van der Waals surface area contributed by atoms with Gasteiger partial charge in [-0.15, -0.1) is 0 Å². The summed E-state index contributed by atoms with van der Waals surface area (Å²) in [4.78, 5) is 2.19. The van der Waals surface area contributed by atoms with Crippen LogP contribution in [-0.4, -0.2) is 42.0 Å². The lowest BCUT2D eigenvalue weighted by Crippen LogP contribution is -2.48. The molecule has 88 valence electrons. The molecule has 2 heterocycles. The quantitative estimate of drug-likeness (QED) is 0.756. The van der Waals surface area contributed by atoms with Gasteiger partial charge in [0.2, 0.25) is 0 Å². The molecule has 1 N–H and O–H groups in total. The van der Waals surface area contributed by atoms with Crippen molar-refractivity contribution in [2.45, 2.75) is 51.4 Å². The molecule has 0 aliphatic carbocycles. The Kier molecular flexibility index (Phi) is 4.00. The average molecular weight is 213 g/mol. The molecule has 2 unspecified atom stereocenters. The Balaban J connectivity index is 1.81. The Morgan fingerprint density at radius 2 is 1.93 bits per heavy atom. The van der Waals surface area contributed by atoms with Crippen LogP contribution in [0.3, 0.4) is 0 Å². The monoisotopic (exact) mass is 213 g/mol. The maximum atomic E-state index is 10.2. The lowest BCUT2D eigenvalue weighted by molar-refractivity contribution is -0.133. The van der Waals surface area contributed by atoms with E-state index < -0.39 is 0 Å². The lowest BCUT2D eigenvalue weighted by Gasteiger charge is -2.38. The van der Waals surface area contributed by atoms with E-state index in [0.29, 0.717) is 0 Å². The Labute approximate surface area is 92.4 Å². The second-order valence-corrected chi connectivity index (χ2v) is 5.04. The highest BCUT2D eigenvalue weighted by atomic mass is 16.5. The van der Waals surface area contributed by atoms with Gasteiger partial charge in [0, 0.05) is 19.7 Å². The first-order valence-corrected chi connectivity index (χ1v) is 6.31. The number of aliphatic hydroxyl groups is 1. The maximum absolute atomic E-state index is 10.2. The van der Waals surface area contributed by atoms with Gasteiger partial charge in [-0.05, 0) is 38.0 Å². The zero-order chi connectivity index (χ0) is 10.7. The molecule has 0 aromatic rings. The molecule has 3 nitrogen and oxygen atoms in total. The fourth-order valence-corrected chi connectivity index (χ4v) is 2.53. The van der Waals surface area contributed by atoms with E-state index in [1.54, 1.807) is 0 Å². The Hall–Kier alpha value is -0.120. The molecule has 0 saturated carbocycles. The molecule has 0 bridgehead atoms. The van der Waals surface area contributed by atoms with Crippen molar-refractivity contribution >= 4 is 0 Å². The highest BCUT2D eigenvalue weighted by Gasteiger charge is 2.29. The van der Waals surface area contributed by atoms with E-state index in [1.165, 1.54) is 19.3 Å². The van der Waals surface area contributed by atoms with Crippen LogP contribution in [-0.2, 0) is 4.74 Å². The van der Waals surface area contributed by atoms with Crippen LogP contribution in [0, 0.1) is 5.92 Å². The summed E-state index contributed by atoms with van der Waals surface area (Å²) in [7, 11) is 0. The highest BCUT2D eigenvalue weighted by molar-refractivity contribution is 4.77. The second-order valence-electron chi connectivity index (χ2n) is 5.04. The first-order valence-electron chi connectivity index (χ1n) is 6.31. The fourth-order valence-electron chi connectivity index (χ4n) is 2.53. The van der Waals surface area contributed by atoms with Crippen molar-refractivity contribution in [3.05, 3.63) is 0 Å². The van der Waals surface area contributed by atoms with Crippen LogP contribution in [0.5, 0.6) is 0 Å². The van der Waals surface area contributed by atoms with Crippen LogP contribution < -0.4 is 0 Å².